The van der Waals surface area contributed by atoms with E-state index in [4.69, 9.17) is 19.4 Å². The molecule has 3 heterocycles. The average molecular weight is 795 g/mol. The number of anilines is 2. The lowest BCUT2D eigenvalue weighted by molar-refractivity contribution is 0.584. The molecule has 5 nitrogen and oxygen atoms in total. The van der Waals surface area contributed by atoms with Gasteiger partial charge in [-0.3, -0.25) is 0 Å². The smallest absolute Gasteiger partial charge is 0.164 e. The summed E-state index contributed by atoms with van der Waals surface area (Å²) in [5.41, 5.74) is 15.4. The summed E-state index contributed by atoms with van der Waals surface area (Å²) in [4.78, 5) is 17.8. The predicted octanol–water partition coefficient (Wildman–Crippen LogP) is 14.3. The molecule has 0 spiro atoms. The van der Waals surface area contributed by atoms with E-state index >= 15 is 0 Å². The predicted molar refractivity (Wildman–Crippen MR) is 252 cm³/mol. The molecule has 5 heteroatoms. The summed E-state index contributed by atoms with van der Waals surface area (Å²) in [5, 5.41) is 1.10. The van der Waals surface area contributed by atoms with E-state index in [-0.39, 0.29) is 12.0 Å². The Morgan fingerprint density at radius 2 is 0.839 bits per heavy atom. The number of hydrogen-bond acceptors (Lipinski definition) is 5. The number of rotatable bonds is 7. The fraction of sp³-hybridized carbons (Fsp3) is 0.0351. The van der Waals surface area contributed by atoms with Crippen LogP contribution in [0.5, 0.6) is 0 Å². The van der Waals surface area contributed by atoms with Crippen molar-refractivity contribution in [3.63, 3.8) is 0 Å². The van der Waals surface area contributed by atoms with Crippen molar-refractivity contribution in [2.24, 2.45) is 0 Å². The molecule has 1 aliphatic carbocycles. The van der Waals surface area contributed by atoms with E-state index in [1.165, 1.54) is 33.6 Å². The molecule has 0 saturated heterocycles. The molecule has 0 saturated carbocycles. The van der Waals surface area contributed by atoms with E-state index in [2.05, 4.69) is 211 Å². The number of hydrogen-bond donors (Lipinski definition) is 0. The number of benzene rings is 8. The van der Waals surface area contributed by atoms with Crippen LogP contribution in [0.1, 0.15) is 22.8 Å². The maximum absolute atomic E-state index is 6.75. The maximum atomic E-state index is 6.75. The van der Waals surface area contributed by atoms with Crippen LogP contribution < -0.4 is 4.90 Å². The van der Waals surface area contributed by atoms with Gasteiger partial charge in [-0.05, 0) is 69.3 Å². The van der Waals surface area contributed by atoms with Crippen molar-refractivity contribution in [3.8, 4) is 67.5 Å². The summed E-state index contributed by atoms with van der Waals surface area (Å²) < 4.78 is 6.75. The molecule has 2 aromatic heterocycles. The van der Waals surface area contributed by atoms with E-state index < -0.39 is 0 Å². The van der Waals surface area contributed by atoms with Gasteiger partial charge in [0.25, 0.3) is 0 Å². The van der Waals surface area contributed by atoms with Crippen LogP contribution in [0, 0.1) is 0 Å². The largest absolute Gasteiger partial charge is 0.456 e. The number of nitrogens with zero attached hydrogens (tertiary/aromatic N) is 4. The van der Waals surface area contributed by atoms with Gasteiger partial charge in [0.2, 0.25) is 0 Å². The standard InChI is InChI=1S/C57H38N4O/c1-4-12-37(13-5-1)40-20-24-43(25-21-40)55-58-56(44-26-22-41(23-27-44)38-14-6-2-7-15-38)60-57(59-55)45-30-33-48-52(36-45)62-51-35-34-50-53(54(48)51)47-18-10-11-19-49(47)61(50)46-31-28-42(29-32-46)39-16-8-3-9-17-39/h1-36,50,53H. The Morgan fingerprint density at radius 1 is 0.403 bits per heavy atom. The first-order valence-electron chi connectivity index (χ1n) is 21.1. The summed E-state index contributed by atoms with van der Waals surface area (Å²) in [6.45, 7) is 0. The van der Waals surface area contributed by atoms with Crippen molar-refractivity contribution in [3.05, 3.63) is 229 Å². The van der Waals surface area contributed by atoms with Crippen LogP contribution in [0.4, 0.5) is 11.4 Å². The minimum atomic E-state index is 0.0955. The highest BCUT2D eigenvalue weighted by Crippen LogP contribution is 2.53. The van der Waals surface area contributed by atoms with Gasteiger partial charge in [-0.1, -0.05) is 188 Å². The van der Waals surface area contributed by atoms with Crippen molar-refractivity contribution >= 4 is 28.4 Å². The lowest BCUT2D eigenvalue weighted by Crippen LogP contribution is -2.30. The molecule has 0 bridgehead atoms. The van der Waals surface area contributed by atoms with Gasteiger partial charge in [-0.25, -0.2) is 15.0 Å². The summed E-state index contributed by atoms with van der Waals surface area (Å²) in [6.07, 6.45) is 4.46. The number of fused-ring (bicyclic) bond motifs is 7. The van der Waals surface area contributed by atoms with Crippen molar-refractivity contribution in [2.45, 2.75) is 12.0 Å². The van der Waals surface area contributed by atoms with Crippen LogP contribution in [0.2, 0.25) is 0 Å². The van der Waals surface area contributed by atoms with Crippen molar-refractivity contribution in [1.82, 2.24) is 15.0 Å². The average Bonchev–Trinajstić information content (AvgIpc) is 3.90. The summed E-state index contributed by atoms with van der Waals surface area (Å²) in [6, 6.07) is 72.5. The minimum absolute atomic E-state index is 0.0955. The SMILES string of the molecule is C1=CC2C(c3ccccc3N2c2ccc(-c3ccccc3)cc2)c2c1oc1cc(-c3nc(-c4ccc(-c5ccccc5)cc4)nc(-c4ccc(-c5ccccc5)cc4)n3)ccc21. The van der Waals surface area contributed by atoms with Crippen LogP contribution >= 0.6 is 0 Å². The minimum Gasteiger partial charge on any atom is -0.456 e. The molecule has 8 aromatic carbocycles. The zero-order chi connectivity index (χ0) is 41.0. The molecule has 1 aliphatic heterocycles. The van der Waals surface area contributed by atoms with E-state index in [1.54, 1.807) is 0 Å². The fourth-order valence-corrected chi connectivity index (χ4v) is 9.30. The van der Waals surface area contributed by atoms with E-state index in [0.717, 1.165) is 55.7 Å². The van der Waals surface area contributed by atoms with Gasteiger partial charge < -0.3 is 9.32 Å². The lowest BCUT2D eigenvalue weighted by atomic mass is 9.82. The van der Waals surface area contributed by atoms with E-state index in [1.807, 2.05) is 12.1 Å². The second-order valence-corrected chi connectivity index (χ2v) is 16.0. The molecule has 0 radical (unpaired) electrons. The first kappa shape index (κ1) is 35.8. The van der Waals surface area contributed by atoms with Crippen LogP contribution in [0.3, 0.4) is 0 Å². The number of aromatic nitrogens is 3. The molecular weight excluding hydrogens is 757 g/mol. The lowest BCUT2D eigenvalue weighted by Gasteiger charge is -2.30. The molecule has 2 atom stereocenters. The summed E-state index contributed by atoms with van der Waals surface area (Å²) in [7, 11) is 0. The first-order chi connectivity index (χ1) is 30.7. The molecule has 2 unspecified atom stereocenters. The third-order valence-electron chi connectivity index (χ3n) is 12.3. The summed E-state index contributed by atoms with van der Waals surface area (Å²) in [5.74, 6) is 2.80. The number of furan rings is 1. The molecule has 2 aliphatic rings. The van der Waals surface area contributed by atoms with Crippen molar-refractivity contribution in [1.29, 1.82) is 0 Å². The van der Waals surface area contributed by atoms with Gasteiger partial charge >= 0.3 is 0 Å². The molecule has 0 N–H and O–H groups in total. The Kier molecular flexibility index (Phi) is 8.56. The molecule has 12 rings (SSSR count). The number of para-hydroxylation sites is 1. The topological polar surface area (TPSA) is 55.1 Å². The zero-order valence-electron chi connectivity index (χ0n) is 33.6. The van der Waals surface area contributed by atoms with Gasteiger partial charge in [0.05, 0.1) is 6.04 Å². The van der Waals surface area contributed by atoms with Crippen molar-refractivity contribution in [2.75, 3.05) is 4.90 Å². The quantitative estimate of drug-likeness (QED) is 0.161. The van der Waals surface area contributed by atoms with E-state index in [9.17, 15) is 0 Å². The second kappa shape index (κ2) is 14.8. The Morgan fingerprint density at radius 3 is 1.39 bits per heavy atom. The fourth-order valence-electron chi connectivity index (χ4n) is 9.30. The highest BCUT2D eigenvalue weighted by atomic mass is 16.3. The molecular formula is C57H38N4O. The maximum Gasteiger partial charge on any atom is 0.164 e. The van der Waals surface area contributed by atoms with E-state index in [0.29, 0.717) is 17.5 Å². The first-order valence-corrected chi connectivity index (χ1v) is 21.1. The Hall–Kier alpha value is -8.15. The van der Waals surface area contributed by atoms with Crippen LogP contribution in [0.15, 0.2) is 217 Å². The highest BCUT2D eigenvalue weighted by Gasteiger charge is 2.43. The Labute approximate surface area is 360 Å². The van der Waals surface area contributed by atoms with Crippen LogP contribution in [-0.2, 0) is 0 Å². The third-order valence-corrected chi connectivity index (χ3v) is 12.3. The summed E-state index contributed by atoms with van der Waals surface area (Å²) >= 11 is 0. The third kappa shape index (κ3) is 6.22. The van der Waals surface area contributed by atoms with Crippen LogP contribution in [-0.4, -0.2) is 21.0 Å². The Balaban J connectivity index is 0.927. The normalized spacial score (nSPS) is 15.0. The molecule has 292 valence electrons. The van der Waals surface area contributed by atoms with Crippen LogP contribution in [0.25, 0.3) is 84.6 Å². The van der Waals surface area contributed by atoms with Gasteiger partial charge in [-0.2, -0.15) is 0 Å². The highest BCUT2D eigenvalue weighted by molar-refractivity contribution is 5.92. The Bertz CT molecular complexity index is 3170. The van der Waals surface area contributed by atoms with Gasteiger partial charge in [0.15, 0.2) is 17.5 Å². The molecule has 10 aromatic rings. The molecule has 62 heavy (non-hydrogen) atoms. The monoisotopic (exact) mass is 794 g/mol. The van der Waals surface area contributed by atoms with Gasteiger partial charge in [-0.15, -0.1) is 0 Å². The van der Waals surface area contributed by atoms with Crippen molar-refractivity contribution < 1.29 is 4.42 Å². The second-order valence-electron chi connectivity index (χ2n) is 16.0. The molecule has 0 amide bonds. The van der Waals surface area contributed by atoms with Gasteiger partial charge in [0.1, 0.15) is 11.3 Å². The zero-order valence-corrected chi connectivity index (χ0v) is 33.6. The molecule has 0 fully saturated rings. The van der Waals surface area contributed by atoms with Gasteiger partial charge in [0, 0.05) is 44.9 Å².